The van der Waals surface area contributed by atoms with Crippen molar-refractivity contribution in [1.82, 2.24) is 20.5 Å². The Morgan fingerprint density at radius 3 is 2.91 bits per heavy atom. The van der Waals surface area contributed by atoms with E-state index in [0.717, 1.165) is 37.9 Å². The summed E-state index contributed by atoms with van der Waals surface area (Å²) in [5.41, 5.74) is 2.39. The predicted molar refractivity (Wildman–Crippen MR) is 89.1 cm³/mol. The minimum absolute atomic E-state index is 0.0469. The van der Waals surface area contributed by atoms with Crippen molar-refractivity contribution in [2.45, 2.75) is 25.3 Å². The molecule has 1 saturated heterocycles. The van der Waals surface area contributed by atoms with Crippen LogP contribution in [-0.2, 0) is 6.42 Å². The second-order valence-corrected chi connectivity index (χ2v) is 6.09. The molecule has 2 heterocycles. The number of nitrogens with zero attached hydrogens (tertiary/aromatic N) is 1. The van der Waals surface area contributed by atoms with Gasteiger partial charge in [-0.3, -0.25) is 0 Å². The molecule has 0 unspecified atom stereocenters. The lowest BCUT2D eigenvalue weighted by atomic mass is 10.1. The number of urea groups is 1. The molecular weight excluding hydrogens is 276 g/mol. The number of piperidine rings is 1. The lowest BCUT2D eigenvalue weighted by Crippen LogP contribution is -2.47. The molecule has 0 spiro atoms. The molecule has 1 aromatic heterocycles. The summed E-state index contributed by atoms with van der Waals surface area (Å²) in [7, 11) is 2.12. The Balaban J connectivity index is 1.44. The Morgan fingerprint density at radius 2 is 2.09 bits per heavy atom. The van der Waals surface area contributed by atoms with Gasteiger partial charge in [-0.25, -0.2) is 4.79 Å². The van der Waals surface area contributed by atoms with E-state index in [1.165, 1.54) is 10.9 Å². The molecule has 1 aliphatic heterocycles. The van der Waals surface area contributed by atoms with E-state index < -0.39 is 0 Å². The van der Waals surface area contributed by atoms with E-state index >= 15 is 0 Å². The van der Waals surface area contributed by atoms with Gasteiger partial charge in [-0.15, -0.1) is 0 Å². The second kappa shape index (κ2) is 6.83. The molecule has 118 valence electrons. The van der Waals surface area contributed by atoms with E-state index in [0.29, 0.717) is 12.6 Å². The van der Waals surface area contributed by atoms with Crippen LogP contribution in [0.1, 0.15) is 18.4 Å². The minimum Gasteiger partial charge on any atom is -0.361 e. The molecular formula is C17H24N4O. The number of H-pyrrole nitrogens is 1. The molecule has 0 radical (unpaired) electrons. The van der Waals surface area contributed by atoms with E-state index in [4.69, 9.17) is 0 Å². The van der Waals surface area contributed by atoms with E-state index in [2.05, 4.69) is 39.7 Å². The summed E-state index contributed by atoms with van der Waals surface area (Å²) < 4.78 is 0. The summed E-state index contributed by atoms with van der Waals surface area (Å²) in [5.74, 6) is 0. The number of hydrogen-bond donors (Lipinski definition) is 3. The van der Waals surface area contributed by atoms with Gasteiger partial charge in [0.15, 0.2) is 0 Å². The molecule has 1 aliphatic rings. The summed E-state index contributed by atoms with van der Waals surface area (Å²) in [6, 6.07) is 8.51. The number of carbonyl (C=O) groups is 1. The number of aromatic nitrogens is 1. The summed E-state index contributed by atoms with van der Waals surface area (Å²) in [4.78, 5) is 17.5. The third-order valence-electron chi connectivity index (χ3n) is 4.41. The van der Waals surface area contributed by atoms with Crippen LogP contribution in [0.5, 0.6) is 0 Å². The first-order chi connectivity index (χ1) is 10.7. The number of nitrogens with one attached hydrogen (secondary N) is 3. The Hall–Kier alpha value is -2.01. The molecule has 0 saturated carbocycles. The zero-order chi connectivity index (χ0) is 15.4. The van der Waals surface area contributed by atoms with E-state index in [-0.39, 0.29) is 6.03 Å². The van der Waals surface area contributed by atoms with Crippen LogP contribution in [-0.4, -0.2) is 48.6 Å². The van der Waals surface area contributed by atoms with Gasteiger partial charge in [-0.1, -0.05) is 18.2 Å². The summed E-state index contributed by atoms with van der Waals surface area (Å²) in [6.07, 6.45) is 4.94. The summed E-state index contributed by atoms with van der Waals surface area (Å²) in [5, 5.41) is 7.27. The fourth-order valence-corrected chi connectivity index (χ4v) is 3.04. The van der Waals surface area contributed by atoms with Crippen molar-refractivity contribution in [1.29, 1.82) is 0 Å². The van der Waals surface area contributed by atoms with Crippen LogP contribution in [0.3, 0.4) is 0 Å². The number of para-hydroxylation sites is 1. The van der Waals surface area contributed by atoms with Crippen LogP contribution in [0, 0.1) is 0 Å². The molecule has 5 nitrogen and oxygen atoms in total. The highest BCUT2D eigenvalue weighted by molar-refractivity contribution is 5.83. The molecule has 2 amide bonds. The Labute approximate surface area is 131 Å². The number of likely N-dealkylation sites (tertiary alicyclic amines) is 1. The topological polar surface area (TPSA) is 60.2 Å². The van der Waals surface area contributed by atoms with Gasteiger partial charge in [0, 0.05) is 29.7 Å². The SMILES string of the molecule is CN1CCC(NC(=O)NCCc2c[nH]c3ccccc23)CC1. The Kier molecular flexibility index (Phi) is 4.63. The smallest absolute Gasteiger partial charge is 0.315 e. The van der Waals surface area contributed by atoms with Crippen molar-refractivity contribution < 1.29 is 4.79 Å². The number of benzene rings is 1. The molecule has 3 rings (SSSR count). The third-order valence-corrected chi connectivity index (χ3v) is 4.41. The van der Waals surface area contributed by atoms with E-state index in [1.54, 1.807) is 0 Å². The number of rotatable bonds is 4. The van der Waals surface area contributed by atoms with Crippen molar-refractivity contribution in [2.24, 2.45) is 0 Å². The largest absolute Gasteiger partial charge is 0.361 e. The number of aromatic amines is 1. The third kappa shape index (κ3) is 3.60. The summed E-state index contributed by atoms with van der Waals surface area (Å²) in [6.45, 7) is 2.76. The van der Waals surface area contributed by atoms with Crippen LogP contribution in [0.15, 0.2) is 30.5 Å². The number of fused-ring (bicyclic) bond motifs is 1. The Morgan fingerprint density at radius 1 is 1.32 bits per heavy atom. The quantitative estimate of drug-likeness (QED) is 0.810. The first kappa shape index (κ1) is 14.9. The number of hydrogen-bond acceptors (Lipinski definition) is 2. The van der Waals surface area contributed by atoms with E-state index in [1.807, 2.05) is 18.3 Å². The van der Waals surface area contributed by atoms with Crippen molar-refractivity contribution >= 4 is 16.9 Å². The molecule has 0 bridgehead atoms. The van der Waals surface area contributed by atoms with Crippen molar-refractivity contribution in [3.8, 4) is 0 Å². The highest BCUT2D eigenvalue weighted by Gasteiger charge is 2.18. The first-order valence-electron chi connectivity index (χ1n) is 8.00. The zero-order valence-electron chi connectivity index (χ0n) is 13.1. The van der Waals surface area contributed by atoms with E-state index in [9.17, 15) is 4.79 Å². The normalized spacial score (nSPS) is 16.8. The van der Waals surface area contributed by atoms with Gasteiger partial charge in [0.2, 0.25) is 0 Å². The fourth-order valence-electron chi connectivity index (χ4n) is 3.04. The number of carbonyl (C=O) groups excluding carboxylic acids is 1. The highest BCUT2D eigenvalue weighted by atomic mass is 16.2. The van der Waals surface area contributed by atoms with Crippen LogP contribution in [0.4, 0.5) is 4.79 Å². The Bertz CT molecular complexity index is 628. The first-order valence-corrected chi connectivity index (χ1v) is 8.00. The van der Waals surface area contributed by atoms with Gasteiger partial charge in [0.25, 0.3) is 0 Å². The van der Waals surface area contributed by atoms with Crippen LogP contribution < -0.4 is 10.6 Å². The monoisotopic (exact) mass is 300 g/mol. The second-order valence-electron chi connectivity index (χ2n) is 6.09. The van der Waals surface area contributed by atoms with Crippen molar-refractivity contribution in [3.63, 3.8) is 0 Å². The maximum absolute atomic E-state index is 11.9. The average Bonchev–Trinajstić information content (AvgIpc) is 2.93. The highest BCUT2D eigenvalue weighted by Crippen LogP contribution is 2.17. The predicted octanol–water partition coefficient (Wildman–Crippen LogP) is 2.10. The fraction of sp³-hybridized carbons (Fsp3) is 0.471. The maximum Gasteiger partial charge on any atom is 0.315 e. The lowest BCUT2D eigenvalue weighted by molar-refractivity contribution is 0.214. The van der Waals surface area contributed by atoms with Crippen LogP contribution in [0.2, 0.25) is 0 Å². The molecule has 5 heteroatoms. The number of amides is 2. The maximum atomic E-state index is 11.9. The van der Waals surface area contributed by atoms with Crippen molar-refractivity contribution in [2.75, 3.05) is 26.7 Å². The van der Waals surface area contributed by atoms with Gasteiger partial charge in [0.1, 0.15) is 0 Å². The van der Waals surface area contributed by atoms with Crippen LogP contribution in [0.25, 0.3) is 10.9 Å². The standard InChI is InChI=1S/C17H24N4O/c1-21-10-7-14(8-11-21)20-17(22)18-9-6-13-12-19-16-5-3-2-4-15(13)16/h2-5,12,14,19H,6-11H2,1H3,(H2,18,20,22). The molecule has 0 atom stereocenters. The zero-order valence-corrected chi connectivity index (χ0v) is 13.1. The molecule has 0 aliphatic carbocycles. The van der Waals surface area contributed by atoms with Crippen molar-refractivity contribution in [3.05, 3.63) is 36.0 Å². The molecule has 3 N–H and O–H groups in total. The summed E-state index contributed by atoms with van der Waals surface area (Å²) >= 11 is 0. The van der Waals surface area contributed by atoms with Gasteiger partial charge in [0.05, 0.1) is 0 Å². The molecule has 1 fully saturated rings. The van der Waals surface area contributed by atoms with Gasteiger partial charge >= 0.3 is 6.03 Å². The molecule has 1 aromatic carbocycles. The minimum atomic E-state index is -0.0469. The molecule has 2 aromatic rings. The molecule has 22 heavy (non-hydrogen) atoms. The lowest BCUT2D eigenvalue weighted by Gasteiger charge is -2.29. The van der Waals surface area contributed by atoms with Gasteiger partial charge in [-0.05, 0) is 51.0 Å². The van der Waals surface area contributed by atoms with Crippen LogP contribution >= 0.6 is 0 Å². The van der Waals surface area contributed by atoms with Gasteiger partial charge < -0.3 is 20.5 Å². The average molecular weight is 300 g/mol. The van der Waals surface area contributed by atoms with Gasteiger partial charge in [-0.2, -0.15) is 0 Å².